The van der Waals surface area contributed by atoms with E-state index in [4.69, 9.17) is 4.74 Å². The molecule has 0 saturated carbocycles. The van der Waals surface area contributed by atoms with Gasteiger partial charge in [0.1, 0.15) is 0 Å². The fraction of sp³-hybridized carbons (Fsp3) is 0.750. The van der Waals surface area contributed by atoms with Crippen molar-refractivity contribution >= 4 is 11.8 Å². The third-order valence-corrected chi connectivity index (χ3v) is 3.44. The van der Waals surface area contributed by atoms with Crippen LogP contribution < -0.4 is 10.1 Å². The van der Waals surface area contributed by atoms with Gasteiger partial charge in [-0.05, 0) is 39.3 Å². The van der Waals surface area contributed by atoms with Crippen LogP contribution >= 0.6 is 11.8 Å². The molecule has 0 aliphatic rings. The van der Waals surface area contributed by atoms with Gasteiger partial charge in [0.15, 0.2) is 5.75 Å². The third kappa shape index (κ3) is 3.39. The van der Waals surface area contributed by atoms with Gasteiger partial charge in [0.25, 0.3) is 0 Å². The summed E-state index contributed by atoms with van der Waals surface area (Å²) in [4.78, 5) is 0. The Balaban J connectivity index is 3.01. The maximum atomic E-state index is 5.41. The SMILES string of the molecule is CNC(CCSC)c1c(OC)cnn1C(C)C. The van der Waals surface area contributed by atoms with Gasteiger partial charge in [0.2, 0.25) is 0 Å². The van der Waals surface area contributed by atoms with Crippen molar-refractivity contribution in [3.63, 3.8) is 0 Å². The lowest BCUT2D eigenvalue weighted by Gasteiger charge is -2.20. The minimum Gasteiger partial charge on any atom is -0.493 e. The summed E-state index contributed by atoms with van der Waals surface area (Å²) >= 11 is 1.86. The molecule has 0 aliphatic heterocycles. The van der Waals surface area contributed by atoms with E-state index in [0.717, 1.165) is 23.6 Å². The highest BCUT2D eigenvalue weighted by Crippen LogP contribution is 2.29. The Labute approximate surface area is 108 Å². The number of ether oxygens (including phenoxy) is 1. The number of thioether (sulfide) groups is 1. The van der Waals surface area contributed by atoms with Gasteiger partial charge in [-0.15, -0.1) is 0 Å². The Bertz CT molecular complexity index is 338. The van der Waals surface area contributed by atoms with Gasteiger partial charge in [-0.1, -0.05) is 0 Å². The first-order chi connectivity index (χ1) is 8.15. The predicted molar refractivity (Wildman–Crippen MR) is 74.0 cm³/mol. The fourth-order valence-corrected chi connectivity index (χ4v) is 2.38. The molecule has 0 fully saturated rings. The van der Waals surface area contributed by atoms with Crippen molar-refractivity contribution in [1.29, 1.82) is 0 Å². The molecule has 5 heteroatoms. The van der Waals surface area contributed by atoms with Crippen molar-refractivity contribution in [1.82, 2.24) is 15.1 Å². The smallest absolute Gasteiger partial charge is 0.161 e. The molecule has 1 unspecified atom stereocenters. The maximum Gasteiger partial charge on any atom is 0.161 e. The Morgan fingerprint density at radius 2 is 2.24 bits per heavy atom. The largest absolute Gasteiger partial charge is 0.493 e. The van der Waals surface area contributed by atoms with E-state index in [1.165, 1.54) is 0 Å². The van der Waals surface area contributed by atoms with E-state index in [0.29, 0.717) is 12.1 Å². The van der Waals surface area contributed by atoms with Gasteiger partial charge < -0.3 is 10.1 Å². The van der Waals surface area contributed by atoms with Crippen LogP contribution in [0.3, 0.4) is 0 Å². The molecule has 4 nitrogen and oxygen atoms in total. The Morgan fingerprint density at radius 1 is 1.53 bits per heavy atom. The third-order valence-electron chi connectivity index (χ3n) is 2.80. The van der Waals surface area contributed by atoms with Crippen molar-refractivity contribution in [2.45, 2.75) is 32.4 Å². The van der Waals surface area contributed by atoms with Gasteiger partial charge in [-0.2, -0.15) is 16.9 Å². The highest BCUT2D eigenvalue weighted by molar-refractivity contribution is 7.98. The van der Waals surface area contributed by atoms with Gasteiger partial charge in [-0.25, -0.2) is 0 Å². The van der Waals surface area contributed by atoms with Gasteiger partial charge in [-0.3, -0.25) is 4.68 Å². The lowest BCUT2D eigenvalue weighted by Crippen LogP contribution is -2.22. The molecule has 0 radical (unpaired) electrons. The molecule has 0 aromatic carbocycles. The number of nitrogens with one attached hydrogen (secondary N) is 1. The van der Waals surface area contributed by atoms with E-state index in [1.54, 1.807) is 13.3 Å². The monoisotopic (exact) mass is 257 g/mol. The van der Waals surface area contributed by atoms with E-state index in [-0.39, 0.29) is 0 Å². The van der Waals surface area contributed by atoms with E-state index in [9.17, 15) is 0 Å². The summed E-state index contributed by atoms with van der Waals surface area (Å²) in [5.74, 6) is 2.00. The average Bonchev–Trinajstić information content (AvgIpc) is 2.74. The first kappa shape index (κ1) is 14.4. The normalized spacial score (nSPS) is 13.1. The summed E-state index contributed by atoms with van der Waals surface area (Å²) in [5.41, 5.74) is 1.15. The highest BCUT2D eigenvalue weighted by atomic mass is 32.2. The van der Waals surface area contributed by atoms with Crippen LogP contribution in [0.4, 0.5) is 0 Å². The van der Waals surface area contributed by atoms with Crippen LogP contribution in [-0.2, 0) is 0 Å². The Morgan fingerprint density at radius 3 is 2.71 bits per heavy atom. The second-order valence-corrected chi connectivity index (χ2v) is 5.24. The average molecular weight is 257 g/mol. The fourth-order valence-electron chi connectivity index (χ4n) is 1.91. The molecule has 17 heavy (non-hydrogen) atoms. The van der Waals surface area contributed by atoms with Crippen molar-refractivity contribution in [2.75, 3.05) is 26.2 Å². The van der Waals surface area contributed by atoms with E-state index in [1.807, 2.05) is 23.5 Å². The van der Waals surface area contributed by atoms with Crippen LogP contribution in [0.25, 0.3) is 0 Å². The number of rotatable bonds is 7. The number of methoxy groups -OCH3 is 1. The van der Waals surface area contributed by atoms with Crippen LogP contribution in [0.2, 0.25) is 0 Å². The molecule has 0 saturated heterocycles. The molecule has 0 bridgehead atoms. The summed E-state index contributed by atoms with van der Waals surface area (Å²) in [6, 6.07) is 0.640. The van der Waals surface area contributed by atoms with E-state index >= 15 is 0 Å². The second-order valence-electron chi connectivity index (χ2n) is 4.26. The molecule has 1 rings (SSSR count). The van der Waals surface area contributed by atoms with Crippen molar-refractivity contribution in [3.05, 3.63) is 11.9 Å². The molecule has 1 aromatic rings. The lowest BCUT2D eigenvalue weighted by molar-refractivity contribution is 0.387. The van der Waals surface area contributed by atoms with Gasteiger partial charge >= 0.3 is 0 Å². The summed E-state index contributed by atoms with van der Waals surface area (Å²) < 4.78 is 7.45. The standard InChI is InChI=1S/C12H23N3OS/c1-9(2)15-12(11(16-4)8-14-15)10(13-3)6-7-17-5/h8-10,13H,6-7H2,1-5H3. The van der Waals surface area contributed by atoms with Crippen LogP contribution in [-0.4, -0.2) is 35.9 Å². The van der Waals surface area contributed by atoms with Gasteiger partial charge in [0, 0.05) is 6.04 Å². The van der Waals surface area contributed by atoms with Crippen LogP contribution in [0, 0.1) is 0 Å². The zero-order valence-corrected chi connectivity index (χ0v) is 12.2. The zero-order valence-electron chi connectivity index (χ0n) is 11.4. The maximum absolute atomic E-state index is 5.41. The minimum atomic E-state index is 0.294. The summed E-state index contributed by atoms with van der Waals surface area (Å²) in [6.07, 6.45) is 5.01. The van der Waals surface area contributed by atoms with Gasteiger partial charge in [0.05, 0.1) is 25.0 Å². The molecular formula is C12H23N3OS. The number of hydrogen-bond acceptors (Lipinski definition) is 4. The number of nitrogens with zero attached hydrogens (tertiary/aromatic N) is 2. The molecule has 1 aromatic heterocycles. The minimum absolute atomic E-state index is 0.294. The number of hydrogen-bond donors (Lipinski definition) is 1. The Kier molecular flexibility index (Phi) is 5.85. The molecule has 0 aliphatic carbocycles. The summed E-state index contributed by atoms with van der Waals surface area (Å²) in [6.45, 7) is 4.27. The first-order valence-corrected chi connectivity index (χ1v) is 7.32. The first-order valence-electron chi connectivity index (χ1n) is 5.93. The number of aromatic nitrogens is 2. The van der Waals surface area contributed by atoms with E-state index < -0.39 is 0 Å². The molecule has 98 valence electrons. The predicted octanol–water partition coefficient (Wildman–Crippen LogP) is 2.49. The summed E-state index contributed by atoms with van der Waals surface area (Å²) in [5, 5.41) is 7.76. The van der Waals surface area contributed by atoms with E-state index in [2.05, 4.69) is 30.5 Å². The molecule has 0 spiro atoms. The van der Waals surface area contributed by atoms with Crippen LogP contribution in [0.1, 0.15) is 38.0 Å². The molecule has 1 atom stereocenters. The topological polar surface area (TPSA) is 39.1 Å². The second kappa shape index (κ2) is 6.91. The zero-order chi connectivity index (χ0) is 12.8. The quantitative estimate of drug-likeness (QED) is 0.814. The lowest BCUT2D eigenvalue weighted by atomic mass is 10.1. The van der Waals surface area contributed by atoms with Crippen molar-refractivity contribution in [2.24, 2.45) is 0 Å². The van der Waals surface area contributed by atoms with Crippen LogP contribution in [0.15, 0.2) is 6.20 Å². The molecule has 1 N–H and O–H groups in total. The highest BCUT2D eigenvalue weighted by Gasteiger charge is 2.21. The van der Waals surface area contributed by atoms with Crippen molar-refractivity contribution in [3.8, 4) is 5.75 Å². The molecule has 0 amide bonds. The Hall–Kier alpha value is -0.680. The van der Waals surface area contributed by atoms with Crippen LogP contribution in [0.5, 0.6) is 5.75 Å². The molecular weight excluding hydrogens is 234 g/mol. The molecule has 1 heterocycles. The van der Waals surface area contributed by atoms with Crippen molar-refractivity contribution < 1.29 is 4.74 Å². The summed E-state index contributed by atoms with van der Waals surface area (Å²) in [7, 11) is 3.69.